The molecule has 0 aromatic carbocycles. The number of rotatable bonds is 19. The van der Waals surface area contributed by atoms with Crippen molar-refractivity contribution in [2.75, 3.05) is 131 Å². The van der Waals surface area contributed by atoms with Gasteiger partial charge in [-0.15, -0.1) is 0 Å². The van der Waals surface area contributed by atoms with Gasteiger partial charge in [0.25, 0.3) is 0 Å². The first-order chi connectivity index (χ1) is 19.2. The van der Waals surface area contributed by atoms with Gasteiger partial charge in [-0.2, -0.15) is 0 Å². The predicted molar refractivity (Wildman–Crippen MR) is 146 cm³/mol. The van der Waals surface area contributed by atoms with Crippen LogP contribution >= 0.6 is 0 Å². The van der Waals surface area contributed by atoms with Gasteiger partial charge in [-0.1, -0.05) is 0 Å². The molecule has 0 radical (unpaired) electrons. The SMILES string of the molecule is [CH2-]C(=O)CN1CCN(CC(=O)O)CCN(CC(=O)O)CCN(CC(=O)NCCOCCOCCOCCN)CC1.[Gd]. The van der Waals surface area contributed by atoms with Crippen LogP contribution in [-0.2, 0) is 33.4 Å². The Morgan fingerprint density at radius 2 is 1.00 bits per heavy atom. The quantitative estimate of drug-likeness (QED) is 0.0773. The smallest absolute Gasteiger partial charge is 0.317 e. The molecule has 0 unspecified atom stereocenters. The Morgan fingerprint density at radius 1 is 0.634 bits per heavy atom. The Balaban J connectivity index is 0.0000160. The number of aliphatic carboxylic acids is 2. The summed E-state index contributed by atoms with van der Waals surface area (Å²) in [6.07, 6.45) is 0. The number of hydrogen-bond acceptors (Lipinski definition) is 12. The van der Waals surface area contributed by atoms with Crippen LogP contribution in [0.3, 0.4) is 0 Å². The normalized spacial score (nSPS) is 16.7. The minimum Gasteiger partial charge on any atom is -0.480 e. The molecule has 1 rings (SSSR count). The molecule has 0 spiro atoms. The maximum absolute atomic E-state index is 12.6. The molecule has 0 bridgehead atoms. The molecule has 41 heavy (non-hydrogen) atoms. The fourth-order valence-electron chi connectivity index (χ4n) is 3.99. The van der Waals surface area contributed by atoms with Crippen LogP contribution in [0.1, 0.15) is 0 Å². The van der Waals surface area contributed by atoms with E-state index in [1.165, 1.54) is 0 Å². The largest absolute Gasteiger partial charge is 0.480 e. The van der Waals surface area contributed by atoms with Crippen LogP contribution < -0.4 is 11.1 Å². The Morgan fingerprint density at radius 3 is 1.39 bits per heavy atom. The fourth-order valence-corrected chi connectivity index (χ4v) is 3.99. The summed E-state index contributed by atoms with van der Waals surface area (Å²) in [5.41, 5.74) is 5.33. The third-order valence-electron chi connectivity index (χ3n) is 5.99. The van der Waals surface area contributed by atoms with E-state index in [-0.39, 0.29) is 77.8 Å². The number of amides is 1. The molecule has 5 N–H and O–H groups in total. The minimum absolute atomic E-state index is 0. The summed E-state index contributed by atoms with van der Waals surface area (Å²) >= 11 is 0. The molecule has 1 saturated heterocycles. The number of ketones is 1. The van der Waals surface area contributed by atoms with Gasteiger partial charge in [0.2, 0.25) is 5.91 Å². The average Bonchev–Trinajstić information content (AvgIpc) is 2.88. The molecular weight excluding hydrogens is 686 g/mol. The Hall–Kier alpha value is -1.05. The van der Waals surface area contributed by atoms with E-state index < -0.39 is 11.9 Å². The van der Waals surface area contributed by atoms with Crippen molar-refractivity contribution in [3.63, 3.8) is 0 Å². The molecule has 15 nitrogen and oxygen atoms in total. The summed E-state index contributed by atoms with van der Waals surface area (Å²) in [4.78, 5) is 54.3. The van der Waals surface area contributed by atoms with E-state index in [0.29, 0.717) is 105 Å². The number of nitrogens with two attached hydrogens (primary N) is 1. The van der Waals surface area contributed by atoms with Crippen molar-refractivity contribution in [2.24, 2.45) is 5.73 Å². The number of Topliss-reactive ketones (excluding diaryl/α,β-unsaturated/α-hetero) is 1. The first kappa shape index (κ1) is 40.0. The number of hydrogen-bond donors (Lipinski definition) is 4. The van der Waals surface area contributed by atoms with Gasteiger partial charge >= 0.3 is 11.9 Å². The van der Waals surface area contributed by atoms with E-state index in [0.717, 1.165) is 0 Å². The second kappa shape index (κ2) is 25.5. The van der Waals surface area contributed by atoms with E-state index in [4.69, 9.17) is 19.9 Å². The van der Waals surface area contributed by atoms with Crippen LogP contribution in [0.25, 0.3) is 0 Å². The third-order valence-corrected chi connectivity index (χ3v) is 5.99. The Kier molecular flexibility index (Phi) is 24.8. The van der Waals surface area contributed by atoms with Crippen LogP contribution in [0.5, 0.6) is 0 Å². The van der Waals surface area contributed by atoms with Crippen molar-refractivity contribution >= 4 is 23.6 Å². The maximum atomic E-state index is 12.6. The van der Waals surface area contributed by atoms with Crippen LogP contribution in [-0.4, -0.2) is 185 Å². The van der Waals surface area contributed by atoms with Gasteiger partial charge in [-0.05, 0) is 0 Å². The van der Waals surface area contributed by atoms with Crippen LogP contribution in [0.15, 0.2) is 0 Å². The zero-order valence-electron chi connectivity index (χ0n) is 23.8. The summed E-state index contributed by atoms with van der Waals surface area (Å²) < 4.78 is 16.0. The summed E-state index contributed by atoms with van der Waals surface area (Å²) in [5, 5.41) is 21.4. The molecular formula is C25H47GdN6O9-. The molecule has 0 aliphatic carbocycles. The van der Waals surface area contributed by atoms with E-state index in [9.17, 15) is 29.4 Å². The molecule has 1 amide bonds. The topological polar surface area (TPSA) is 187 Å². The standard InChI is InChI=1S/C25H47N6O9.Gd/c1-22(32)18-28-4-6-29(19-23(33)27-3-13-39-15-17-40-16-14-38-12-2-26)7-9-31(21-25(36)37)11-10-30(8-5-28)20-24(34)35;/h1-21,26H2,(H,27,33)(H,34,35)(H,36,37);/q-1;. The first-order valence-corrected chi connectivity index (χ1v) is 13.6. The van der Waals surface area contributed by atoms with Gasteiger partial charge in [0.1, 0.15) is 0 Å². The summed E-state index contributed by atoms with van der Waals surface area (Å²) in [6.45, 7) is 9.98. The molecule has 240 valence electrons. The zero-order chi connectivity index (χ0) is 29.6. The van der Waals surface area contributed by atoms with Crippen LogP contribution in [0.4, 0.5) is 0 Å². The Labute approximate surface area is 274 Å². The van der Waals surface area contributed by atoms with Crippen molar-refractivity contribution in [3.8, 4) is 0 Å². The summed E-state index contributed by atoms with van der Waals surface area (Å²) in [7, 11) is 0. The minimum atomic E-state index is -0.980. The van der Waals surface area contributed by atoms with E-state index in [1.807, 2.05) is 9.80 Å². The molecule has 1 aliphatic heterocycles. The van der Waals surface area contributed by atoms with Gasteiger partial charge in [-0.3, -0.25) is 34.0 Å². The van der Waals surface area contributed by atoms with E-state index in [2.05, 4.69) is 12.2 Å². The van der Waals surface area contributed by atoms with Gasteiger partial charge in [0.15, 0.2) is 0 Å². The molecule has 0 aromatic rings. The number of nitrogens with one attached hydrogen (secondary N) is 1. The van der Waals surface area contributed by atoms with Crippen molar-refractivity contribution in [3.05, 3.63) is 6.92 Å². The molecule has 1 aliphatic rings. The first-order valence-electron chi connectivity index (χ1n) is 13.6. The van der Waals surface area contributed by atoms with Gasteiger partial charge < -0.3 is 47.2 Å². The van der Waals surface area contributed by atoms with E-state index in [1.54, 1.807) is 9.80 Å². The number of carboxylic acid groups (broad SMARTS) is 2. The van der Waals surface area contributed by atoms with Gasteiger partial charge in [-0.25, -0.2) is 0 Å². The number of ether oxygens (including phenoxy) is 3. The molecule has 1 heterocycles. The summed E-state index contributed by atoms with van der Waals surface area (Å²) in [6, 6.07) is 0. The van der Waals surface area contributed by atoms with Crippen molar-refractivity contribution in [1.29, 1.82) is 0 Å². The number of carboxylic acids is 2. The van der Waals surface area contributed by atoms with Gasteiger partial charge in [0.05, 0.1) is 59.3 Å². The fraction of sp³-hybridized carbons (Fsp3) is 0.800. The molecule has 0 saturated carbocycles. The number of carbonyl (C=O) groups is 4. The predicted octanol–water partition coefficient (Wildman–Crippen LogP) is -3.09. The number of nitrogens with zero attached hydrogens (tertiary/aromatic N) is 4. The molecule has 0 aromatic heterocycles. The van der Waals surface area contributed by atoms with Crippen LogP contribution in [0, 0.1) is 46.9 Å². The van der Waals surface area contributed by atoms with Crippen molar-refractivity contribution < 1.29 is 83.5 Å². The van der Waals surface area contributed by atoms with Crippen molar-refractivity contribution in [2.45, 2.75) is 0 Å². The molecule has 1 fully saturated rings. The maximum Gasteiger partial charge on any atom is 0.317 e. The Bertz CT molecular complexity index is 720. The monoisotopic (exact) mass is 733 g/mol. The van der Waals surface area contributed by atoms with Crippen LogP contribution in [0.2, 0.25) is 0 Å². The number of carbonyl (C=O) groups excluding carboxylic acids is 2. The van der Waals surface area contributed by atoms with Crippen molar-refractivity contribution in [1.82, 2.24) is 24.9 Å². The van der Waals surface area contributed by atoms with E-state index >= 15 is 0 Å². The average molecular weight is 733 g/mol. The second-order valence-electron chi connectivity index (χ2n) is 9.41. The van der Waals surface area contributed by atoms with Gasteiger partial charge in [0, 0.05) is 118 Å². The second-order valence-corrected chi connectivity index (χ2v) is 9.41. The summed E-state index contributed by atoms with van der Waals surface area (Å²) in [5.74, 6) is -2.40. The zero-order valence-corrected chi connectivity index (χ0v) is 26.1. The third kappa shape index (κ3) is 23.1. The molecule has 16 heteroatoms. The molecule has 0 atom stereocenters.